The van der Waals surface area contributed by atoms with Crippen LogP contribution in [0.2, 0.25) is 0 Å². The summed E-state index contributed by atoms with van der Waals surface area (Å²) < 4.78 is 5.22. The topological polar surface area (TPSA) is 67.6 Å². The monoisotopic (exact) mass is 307 g/mol. The number of likely N-dealkylation sites (tertiary alicyclic amines) is 1. The molecule has 1 fully saturated rings. The van der Waals surface area contributed by atoms with Gasteiger partial charge in [0.2, 0.25) is 5.91 Å². The normalized spacial score (nSPS) is 19.0. The number of piperidine rings is 1. The number of nitrogens with zero attached hydrogens (tertiary/aromatic N) is 1. The lowest BCUT2D eigenvalue weighted by molar-refractivity contribution is -0.117. The molecule has 1 heterocycles. The highest BCUT2D eigenvalue weighted by atomic mass is 32.1. The fourth-order valence-electron chi connectivity index (χ4n) is 2.57. The molecule has 1 unspecified atom stereocenters. The highest BCUT2D eigenvalue weighted by Crippen LogP contribution is 2.23. The number of benzene rings is 1. The Morgan fingerprint density at radius 1 is 1.52 bits per heavy atom. The molecule has 114 valence electrons. The molecule has 0 spiro atoms. The Morgan fingerprint density at radius 3 is 3.00 bits per heavy atom. The lowest BCUT2D eigenvalue weighted by atomic mass is 9.98. The summed E-state index contributed by atoms with van der Waals surface area (Å²) in [5, 5.41) is 2.88. The lowest BCUT2D eigenvalue weighted by Gasteiger charge is -2.31. The number of anilines is 1. The number of rotatable bonds is 5. The number of para-hydroxylation sites is 2. The number of thiocarbonyl (C=S) groups is 1. The number of nitrogens with one attached hydrogen (secondary N) is 1. The summed E-state index contributed by atoms with van der Waals surface area (Å²) >= 11 is 5.05. The van der Waals surface area contributed by atoms with Gasteiger partial charge in [-0.15, -0.1) is 0 Å². The van der Waals surface area contributed by atoms with Crippen molar-refractivity contribution in [1.82, 2.24) is 4.90 Å². The second-order valence-electron chi connectivity index (χ2n) is 5.23. The first kappa shape index (κ1) is 15.7. The van der Waals surface area contributed by atoms with Crippen LogP contribution in [-0.2, 0) is 4.79 Å². The van der Waals surface area contributed by atoms with Crippen molar-refractivity contribution in [3.8, 4) is 5.75 Å². The van der Waals surface area contributed by atoms with Crippen molar-refractivity contribution < 1.29 is 9.53 Å². The number of carbonyl (C=O) groups excluding carboxylic acids is 1. The Balaban J connectivity index is 1.91. The second kappa shape index (κ2) is 7.38. The van der Waals surface area contributed by atoms with Gasteiger partial charge in [0.05, 0.1) is 24.3 Å². The number of hydrogen-bond acceptors (Lipinski definition) is 4. The van der Waals surface area contributed by atoms with Crippen LogP contribution in [0.5, 0.6) is 5.75 Å². The third kappa shape index (κ3) is 4.41. The molecule has 21 heavy (non-hydrogen) atoms. The molecule has 0 radical (unpaired) electrons. The maximum Gasteiger partial charge on any atom is 0.238 e. The average molecular weight is 307 g/mol. The van der Waals surface area contributed by atoms with Crippen molar-refractivity contribution in [3.63, 3.8) is 0 Å². The largest absolute Gasteiger partial charge is 0.495 e. The molecule has 2 rings (SSSR count). The van der Waals surface area contributed by atoms with E-state index in [2.05, 4.69) is 10.2 Å². The van der Waals surface area contributed by atoms with Gasteiger partial charge in [0.1, 0.15) is 5.75 Å². The molecule has 1 aromatic rings. The van der Waals surface area contributed by atoms with E-state index >= 15 is 0 Å². The highest BCUT2D eigenvalue weighted by molar-refractivity contribution is 7.80. The third-order valence-electron chi connectivity index (χ3n) is 3.66. The molecule has 6 heteroatoms. The van der Waals surface area contributed by atoms with Crippen LogP contribution in [0.3, 0.4) is 0 Å². The van der Waals surface area contributed by atoms with Gasteiger partial charge >= 0.3 is 0 Å². The first-order chi connectivity index (χ1) is 10.1. The van der Waals surface area contributed by atoms with Gasteiger partial charge in [0, 0.05) is 12.5 Å². The van der Waals surface area contributed by atoms with Gasteiger partial charge in [0.15, 0.2) is 0 Å². The van der Waals surface area contributed by atoms with Crippen LogP contribution in [0, 0.1) is 5.92 Å². The minimum atomic E-state index is -0.0527. The van der Waals surface area contributed by atoms with E-state index in [1.165, 1.54) is 0 Å². The Kier molecular flexibility index (Phi) is 5.52. The van der Waals surface area contributed by atoms with Gasteiger partial charge in [-0.2, -0.15) is 0 Å². The van der Waals surface area contributed by atoms with Crippen molar-refractivity contribution in [2.45, 2.75) is 12.8 Å². The summed E-state index contributed by atoms with van der Waals surface area (Å²) in [6.45, 7) is 2.00. The van der Waals surface area contributed by atoms with Crippen LogP contribution in [0.1, 0.15) is 12.8 Å². The van der Waals surface area contributed by atoms with Crippen LogP contribution >= 0.6 is 12.2 Å². The summed E-state index contributed by atoms with van der Waals surface area (Å²) in [7, 11) is 1.59. The van der Waals surface area contributed by atoms with Gasteiger partial charge < -0.3 is 15.8 Å². The molecule has 1 aliphatic rings. The van der Waals surface area contributed by atoms with Crippen LogP contribution in [0.4, 0.5) is 5.69 Å². The van der Waals surface area contributed by atoms with Crippen molar-refractivity contribution in [2.24, 2.45) is 11.7 Å². The summed E-state index contributed by atoms with van der Waals surface area (Å²) in [5.74, 6) is 0.821. The van der Waals surface area contributed by atoms with E-state index in [0.717, 1.165) is 25.9 Å². The molecule has 1 saturated heterocycles. The zero-order chi connectivity index (χ0) is 15.2. The number of nitrogens with two attached hydrogens (primary N) is 1. The first-order valence-electron chi connectivity index (χ1n) is 7.04. The molecule has 5 nitrogen and oxygen atoms in total. The summed E-state index contributed by atoms with van der Waals surface area (Å²) in [4.78, 5) is 14.8. The molecule has 3 N–H and O–H groups in total. The Labute approximate surface area is 130 Å². The van der Waals surface area contributed by atoms with E-state index in [1.54, 1.807) is 7.11 Å². The van der Waals surface area contributed by atoms with E-state index in [1.807, 2.05) is 24.3 Å². The van der Waals surface area contributed by atoms with Crippen molar-refractivity contribution in [3.05, 3.63) is 24.3 Å². The Morgan fingerprint density at radius 2 is 2.29 bits per heavy atom. The molecule has 1 aromatic carbocycles. The molecule has 1 amide bonds. The standard InChI is InChI=1S/C15H21N3O2S/c1-20-13-7-3-2-6-12(13)17-14(19)10-18-8-4-5-11(9-18)15(16)21/h2-3,6-7,11H,4-5,8-10H2,1H3,(H2,16,21)(H,17,19). The number of ether oxygens (including phenoxy) is 1. The van der Waals surface area contributed by atoms with Crippen molar-refractivity contribution in [1.29, 1.82) is 0 Å². The lowest BCUT2D eigenvalue weighted by Crippen LogP contribution is -2.43. The van der Waals surface area contributed by atoms with E-state index in [4.69, 9.17) is 22.7 Å². The molecular weight excluding hydrogens is 286 g/mol. The predicted molar refractivity (Wildman–Crippen MR) is 87.6 cm³/mol. The van der Waals surface area contributed by atoms with Gasteiger partial charge in [-0.25, -0.2) is 0 Å². The zero-order valence-corrected chi connectivity index (χ0v) is 13.0. The summed E-state index contributed by atoms with van der Waals surface area (Å²) in [6.07, 6.45) is 2.03. The predicted octanol–water partition coefficient (Wildman–Crippen LogP) is 1.63. The van der Waals surface area contributed by atoms with Crippen LogP contribution in [0.25, 0.3) is 0 Å². The molecule has 0 aromatic heterocycles. The van der Waals surface area contributed by atoms with E-state index in [9.17, 15) is 4.79 Å². The van der Waals surface area contributed by atoms with E-state index in [0.29, 0.717) is 23.0 Å². The van der Waals surface area contributed by atoms with Crippen LogP contribution in [-0.4, -0.2) is 42.5 Å². The van der Waals surface area contributed by atoms with Crippen molar-refractivity contribution >= 4 is 28.8 Å². The van der Waals surface area contributed by atoms with Gasteiger partial charge in [0.25, 0.3) is 0 Å². The zero-order valence-electron chi connectivity index (χ0n) is 12.2. The molecule has 0 bridgehead atoms. The number of methoxy groups -OCH3 is 1. The average Bonchev–Trinajstić information content (AvgIpc) is 2.48. The SMILES string of the molecule is COc1ccccc1NC(=O)CN1CCCC(C(N)=S)C1. The number of carbonyl (C=O) groups is 1. The molecule has 0 aliphatic carbocycles. The number of amides is 1. The minimum Gasteiger partial charge on any atom is -0.495 e. The fraction of sp³-hybridized carbons (Fsp3) is 0.467. The van der Waals surface area contributed by atoms with Gasteiger partial charge in [-0.1, -0.05) is 24.4 Å². The van der Waals surface area contributed by atoms with Crippen LogP contribution < -0.4 is 15.8 Å². The minimum absolute atomic E-state index is 0.0527. The molecular formula is C15H21N3O2S. The maximum absolute atomic E-state index is 12.2. The maximum atomic E-state index is 12.2. The quantitative estimate of drug-likeness (QED) is 0.809. The smallest absolute Gasteiger partial charge is 0.238 e. The van der Waals surface area contributed by atoms with Crippen molar-refractivity contribution in [2.75, 3.05) is 32.1 Å². The Hall–Kier alpha value is -1.66. The number of hydrogen-bond donors (Lipinski definition) is 2. The molecule has 0 saturated carbocycles. The van der Waals surface area contributed by atoms with Gasteiger partial charge in [-0.05, 0) is 31.5 Å². The molecule has 1 atom stereocenters. The summed E-state index contributed by atoms with van der Waals surface area (Å²) in [5.41, 5.74) is 6.40. The third-order valence-corrected chi connectivity index (χ3v) is 3.99. The van der Waals surface area contributed by atoms with Crippen LogP contribution in [0.15, 0.2) is 24.3 Å². The Bertz CT molecular complexity index is 521. The first-order valence-corrected chi connectivity index (χ1v) is 7.45. The highest BCUT2D eigenvalue weighted by Gasteiger charge is 2.23. The molecule has 1 aliphatic heterocycles. The fourth-order valence-corrected chi connectivity index (χ4v) is 2.76. The van der Waals surface area contributed by atoms with E-state index in [-0.39, 0.29) is 11.8 Å². The van der Waals surface area contributed by atoms with Gasteiger partial charge in [-0.3, -0.25) is 9.69 Å². The summed E-state index contributed by atoms with van der Waals surface area (Å²) in [6, 6.07) is 7.37. The second-order valence-corrected chi connectivity index (χ2v) is 5.70. The van der Waals surface area contributed by atoms with E-state index < -0.39 is 0 Å².